The van der Waals surface area contributed by atoms with E-state index in [2.05, 4.69) is 203 Å². The van der Waals surface area contributed by atoms with E-state index >= 15 is 0 Å². The van der Waals surface area contributed by atoms with Crippen LogP contribution in [0.25, 0.3) is 0 Å². The van der Waals surface area contributed by atoms with Gasteiger partial charge >= 0.3 is 33.6 Å². The van der Waals surface area contributed by atoms with Crippen LogP contribution in [-0.4, -0.2) is 95.9 Å². The lowest BCUT2D eigenvalue weighted by Gasteiger charge is -2.21. The van der Waals surface area contributed by atoms with Gasteiger partial charge in [0.05, 0.1) is 26.4 Å². The van der Waals surface area contributed by atoms with Gasteiger partial charge in [-0.25, -0.2) is 9.13 Å². The molecular formula is C109H186O16P2. The molecule has 0 heterocycles. The molecule has 728 valence electrons. The van der Waals surface area contributed by atoms with Crippen LogP contribution in [0, 0.1) is 0 Å². The number of unbranched alkanes of at least 4 members (excludes halogenated alkanes) is 43. The van der Waals surface area contributed by atoms with E-state index in [1.165, 1.54) is 193 Å². The molecule has 0 aliphatic rings. The van der Waals surface area contributed by atoms with Crippen molar-refractivity contribution in [2.45, 2.75) is 450 Å². The number of rotatable bonds is 96. The SMILES string of the molecule is CC/C=C\C/C=C\C/C=C\C/C=C\C/C=C\CCCCCCCCCCCCCCCCCCCC(=O)OCC(O)COP(=O)(O)OCC(O)COP(=O)(O)OCC(COC(=O)CCCCCCCCCCCCCCC/C=C\C/C=C\C/C=C\C/C=C\C/C=C\CC)OC(=O)CCCCCCCCCCCCCCC/C=C\C/C=C\C/C=C\C/C=C\C/C=C\CC. The standard InChI is InChI=1S/C109H186O16P2/c1-4-7-10-13-16-19-22-25-28-31-34-37-40-43-46-49-50-51-52-55-57-59-62-65-68-71-74-77-80-83-86-89-92-95-107(112)119-98-104(110)99-121-126(115,116)122-100-105(111)101-123-127(117,118)124-103-106(125-109(114)97-94-91-88-85-82-79-76-73-70-67-64-61-58-54-48-45-42-39-36-33-30-27-24-21-18-15-12-9-6-3)102-120-108(113)96-93-90-87-84-81-78-75-72-69-66-63-60-56-53-47-44-41-38-35-32-29-26-23-20-17-14-11-8-5-2/h7-12,16-21,25-30,34-39,43-48,104-106,110-111H,4-6,13-15,22-24,31-33,40-42,49-103H2,1-3H3,(H,115,116)(H,117,118)/b10-7-,11-8-,12-9-,19-16-,20-17-,21-18-,28-25-,29-26-,30-27-,37-34-,38-35-,39-36-,46-43-,47-44-,48-45-. The summed E-state index contributed by atoms with van der Waals surface area (Å²) in [6.07, 6.45) is 132. The molecule has 5 unspecified atom stereocenters. The Morgan fingerprint density at radius 3 is 0.622 bits per heavy atom. The summed E-state index contributed by atoms with van der Waals surface area (Å²) >= 11 is 0. The van der Waals surface area contributed by atoms with E-state index in [1.807, 2.05) is 0 Å². The molecule has 0 radical (unpaired) electrons. The number of hydrogen-bond acceptors (Lipinski definition) is 14. The number of esters is 3. The zero-order valence-electron chi connectivity index (χ0n) is 80.6. The van der Waals surface area contributed by atoms with Crippen molar-refractivity contribution in [3.8, 4) is 0 Å². The Labute approximate surface area is 776 Å². The third-order valence-corrected chi connectivity index (χ3v) is 23.5. The van der Waals surface area contributed by atoms with Gasteiger partial charge < -0.3 is 34.2 Å². The summed E-state index contributed by atoms with van der Waals surface area (Å²) in [4.78, 5) is 59.2. The molecule has 127 heavy (non-hydrogen) atoms. The summed E-state index contributed by atoms with van der Waals surface area (Å²) in [6, 6.07) is 0. The Morgan fingerprint density at radius 2 is 0.394 bits per heavy atom. The van der Waals surface area contributed by atoms with Crippen LogP contribution >= 0.6 is 15.6 Å². The van der Waals surface area contributed by atoms with Crippen molar-refractivity contribution in [2.75, 3.05) is 39.6 Å². The summed E-state index contributed by atoms with van der Waals surface area (Å²) in [6.45, 7) is 2.41. The molecule has 0 aliphatic carbocycles. The topological polar surface area (TPSA) is 231 Å². The second kappa shape index (κ2) is 99.7. The average Bonchev–Trinajstić information content (AvgIpc) is 0.902. The first-order valence-corrected chi connectivity index (χ1v) is 54.1. The van der Waals surface area contributed by atoms with Crippen LogP contribution in [0.5, 0.6) is 0 Å². The number of aliphatic hydroxyl groups is 2. The predicted octanol–water partition coefficient (Wildman–Crippen LogP) is 32.3. The van der Waals surface area contributed by atoms with Crippen molar-refractivity contribution in [1.29, 1.82) is 0 Å². The van der Waals surface area contributed by atoms with Crippen molar-refractivity contribution in [1.82, 2.24) is 0 Å². The summed E-state index contributed by atoms with van der Waals surface area (Å²) < 4.78 is 61.7. The van der Waals surface area contributed by atoms with Crippen LogP contribution in [0.15, 0.2) is 182 Å². The molecule has 0 amide bonds. The maximum absolute atomic E-state index is 13.1. The van der Waals surface area contributed by atoms with Gasteiger partial charge in [0, 0.05) is 19.3 Å². The normalized spacial score (nSPS) is 14.4. The number of ether oxygens (including phenoxy) is 3. The molecule has 0 spiro atoms. The number of hydrogen-bond donors (Lipinski definition) is 4. The van der Waals surface area contributed by atoms with Crippen molar-refractivity contribution in [3.05, 3.63) is 182 Å². The Kier molecular flexibility index (Phi) is 95.5. The fourth-order valence-electron chi connectivity index (χ4n) is 14.0. The maximum atomic E-state index is 13.1. The van der Waals surface area contributed by atoms with Gasteiger partial charge in [0.15, 0.2) is 6.10 Å². The van der Waals surface area contributed by atoms with Crippen molar-refractivity contribution < 1.29 is 75.8 Å². The number of phosphoric ester groups is 2. The van der Waals surface area contributed by atoms with E-state index < -0.39 is 91.5 Å². The van der Waals surface area contributed by atoms with Gasteiger partial charge in [-0.05, 0) is 154 Å². The predicted molar refractivity (Wildman–Crippen MR) is 537 cm³/mol. The third kappa shape index (κ3) is 101. The number of phosphoric acid groups is 2. The van der Waals surface area contributed by atoms with Gasteiger partial charge in [-0.1, -0.05) is 441 Å². The first-order chi connectivity index (χ1) is 62.2. The number of allylic oxidation sites excluding steroid dienone is 30. The van der Waals surface area contributed by atoms with Crippen LogP contribution in [0.2, 0.25) is 0 Å². The highest BCUT2D eigenvalue weighted by atomic mass is 31.2. The van der Waals surface area contributed by atoms with Crippen LogP contribution in [-0.2, 0) is 55.8 Å². The highest BCUT2D eigenvalue weighted by Gasteiger charge is 2.30. The molecule has 0 aromatic heterocycles. The Balaban J connectivity index is 4.61. The first-order valence-electron chi connectivity index (χ1n) is 51.1. The fraction of sp³-hybridized carbons (Fsp3) is 0.697. The number of aliphatic hydroxyl groups excluding tert-OH is 2. The van der Waals surface area contributed by atoms with Gasteiger partial charge in [-0.3, -0.25) is 32.5 Å². The highest BCUT2D eigenvalue weighted by molar-refractivity contribution is 7.47. The third-order valence-electron chi connectivity index (χ3n) is 21.6. The Bertz CT molecular complexity index is 3040. The Morgan fingerprint density at radius 1 is 0.220 bits per heavy atom. The molecule has 4 N–H and O–H groups in total. The van der Waals surface area contributed by atoms with E-state index in [9.17, 15) is 43.5 Å². The molecule has 0 saturated heterocycles. The molecule has 0 aromatic carbocycles. The lowest BCUT2D eigenvalue weighted by atomic mass is 10.0. The van der Waals surface area contributed by atoms with Crippen molar-refractivity contribution >= 4 is 33.6 Å². The van der Waals surface area contributed by atoms with E-state index in [4.69, 9.17) is 32.3 Å². The molecular weight excluding hydrogens is 1630 g/mol. The highest BCUT2D eigenvalue weighted by Crippen LogP contribution is 2.45. The molecule has 0 saturated carbocycles. The zero-order chi connectivity index (χ0) is 92.1. The molecule has 0 bridgehead atoms. The van der Waals surface area contributed by atoms with Crippen molar-refractivity contribution in [2.24, 2.45) is 0 Å². The number of carbonyl (C=O) groups excluding carboxylic acids is 3. The van der Waals surface area contributed by atoms with E-state index in [-0.39, 0.29) is 19.3 Å². The average molecular weight is 1810 g/mol. The molecule has 0 fully saturated rings. The molecule has 0 rings (SSSR count). The zero-order valence-corrected chi connectivity index (χ0v) is 82.4. The first kappa shape index (κ1) is 122. The van der Waals surface area contributed by atoms with Gasteiger partial charge in [-0.15, -0.1) is 0 Å². The van der Waals surface area contributed by atoms with E-state index in [0.717, 1.165) is 180 Å². The minimum absolute atomic E-state index is 0.0991. The largest absolute Gasteiger partial charge is 0.472 e. The van der Waals surface area contributed by atoms with E-state index in [0.29, 0.717) is 19.3 Å². The van der Waals surface area contributed by atoms with Crippen LogP contribution < -0.4 is 0 Å². The maximum Gasteiger partial charge on any atom is 0.472 e. The summed E-state index contributed by atoms with van der Waals surface area (Å²) in [5, 5.41) is 20.8. The van der Waals surface area contributed by atoms with Crippen LogP contribution in [0.4, 0.5) is 0 Å². The quantitative estimate of drug-likeness (QED) is 0.0146. The minimum Gasteiger partial charge on any atom is -0.463 e. The minimum atomic E-state index is -4.95. The summed E-state index contributed by atoms with van der Waals surface area (Å²) in [7, 11) is -9.82. The monoisotopic (exact) mass is 1810 g/mol. The van der Waals surface area contributed by atoms with Crippen LogP contribution in [0.3, 0.4) is 0 Å². The van der Waals surface area contributed by atoms with Gasteiger partial charge in [0.1, 0.15) is 25.4 Å². The molecule has 0 aliphatic heterocycles. The van der Waals surface area contributed by atoms with Gasteiger partial charge in [0.25, 0.3) is 0 Å². The number of carbonyl (C=O) groups is 3. The summed E-state index contributed by atoms with van der Waals surface area (Å²) in [5.74, 6) is -1.56. The van der Waals surface area contributed by atoms with Crippen molar-refractivity contribution in [3.63, 3.8) is 0 Å². The molecule has 5 atom stereocenters. The van der Waals surface area contributed by atoms with Gasteiger partial charge in [0.2, 0.25) is 0 Å². The van der Waals surface area contributed by atoms with Gasteiger partial charge in [-0.2, -0.15) is 0 Å². The molecule has 16 nitrogen and oxygen atoms in total. The smallest absolute Gasteiger partial charge is 0.463 e. The Hall–Kier alpha value is -5.35. The molecule has 0 aromatic rings. The second-order valence-corrected chi connectivity index (χ2v) is 36.8. The summed E-state index contributed by atoms with van der Waals surface area (Å²) in [5.41, 5.74) is 0. The second-order valence-electron chi connectivity index (χ2n) is 33.8. The lowest BCUT2D eigenvalue weighted by molar-refractivity contribution is -0.161. The van der Waals surface area contributed by atoms with E-state index in [1.54, 1.807) is 0 Å². The van der Waals surface area contributed by atoms with Crippen LogP contribution in [0.1, 0.15) is 432 Å². The molecule has 18 heteroatoms. The lowest BCUT2D eigenvalue weighted by Crippen LogP contribution is -2.30. The fourth-order valence-corrected chi connectivity index (χ4v) is 15.6.